The van der Waals surface area contributed by atoms with Crippen LogP contribution in [0.4, 0.5) is 0 Å². The van der Waals surface area contributed by atoms with Gasteiger partial charge in [0.1, 0.15) is 0 Å². The van der Waals surface area contributed by atoms with E-state index in [2.05, 4.69) is 28.6 Å². The molecule has 0 radical (unpaired) electrons. The number of fused-ring (bicyclic) bond motifs is 1. The zero-order valence-corrected chi connectivity index (χ0v) is 12.3. The van der Waals surface area contributed by atoms with Crippen molar-refractivity contribution >= 4 is 0 Å². The van der Waals surface area contributed by atoms with Gasteiger partial charge < -0.3 is 14.8 Å². The maximum atomic E-state index is 5.70. The fourth-order valence-corrected chi connectivity index (χ4v) is 2.36. The van der Waals surface area contributed by atoms with Gasteiger partial charge in [-0.05, 0) is 23.8 Å². The summed E-state index contributed by atoms with van der Waals surface area (Å²) in [5, 5.41) is 7.80. The molecule has 1 aromatic heterocycles. The minimum atomic E-state index is 0.726. The lowest BCUT2D eigenvalue weighted by Gasteiger charge is -2.10. The Hall–Kier alpha value is -2.01. The molecule has 2 heterocycles. The van der Waals surface area contributed by atoms with Crippen molar-refractivity contribution in [1.29, 1.82) is 0 Å². The van der Waals surface area contributed by atoms with Crippen molar-refractivity contribution in [2.24, 2.45) is 7.05 Å². The molecule has 112 valence electrons. The van der Waals surface area contributed by atoms with Crippen molar-refractivity contribution in [3.05, 3.63) is 41.7 Å². The summed E-state index contributed by atoms with van der Waals surface area (Å²) >= 11 is 0. The average Bonchev–Trinajstić information content (AvgIpc) is 2.76. The molecule has 0 saturated heterocycles. The van der Waals surface area contributed by atoms with Crippen LogP contribution in [0.25, 0.3) is 0 Å². The first-order valence-electron chi connectivity index (χ1n) is 7.39. The molecule has 0 spiro atoms. The number of hydrogen-bond donors (Lipinski definition) is 1. The Kier molecular flexibility index (Phi) is 4.40. The Bertz CT molecular complexity index is 595. The highest BCUT2D eigenvalue weighted by atomic mass is 16.5. The number of hydrogen-bond acceptors (Lipinski definition) is 4. The van der Waals surface area contributed by atoms with Gasteiger partial charge in [0.05, 0.1) is 18.9 Å². The van der Waals surface area contributed by atoms with Crippen LogP contribution >= 0.6 is 0 Å². The molecule has 1 N–H and O–H groups in total. The predicted octanol–water partition coefficient (Wildman–Crippen LogP) is 1.91. The smallest absolute Gasteiger partial charge is 0.161 e. The molecule has 5 nitrogen and oxygen atoms in total. The molecule has 0 aliphatic carbocycles. The molecule has 0 amide bonds. The first-order chi connectivity index (χ1) is 10.3. The van der Waals surface area contributed by atoms with Gasteiger partial charge in [0.15, 0.2) is 11.5 Å². The fourth-order valence-electron chi connectivity index (χ4n) is 2.36. The Morgan fingerprint density at radius 1 is 1.19 bits per heavy atom. The Morgan fingerprint density at radius 2 is 2.05 bits per heavy atom. The van der Waals surface area contributed by atoms with E-state index in [1.165, 1.54) is 5.56 Å². The molecular weight excluding hydrogens is 266 g/mol. The van der Waals surface area contributed by atoms with Gasteiger partial charge in [0.2, 0.25) is 0 Å². The molecule has 0 unspecified atom stereocenters. The van der Waals surface area contributed by atoms with Gasteiger partial charge in [0, 0.05) is 39.2 Å². The monoisotopic (exact) mass is 287 g/mol. The number of aryl methyl sites for hydroxylation is 1. The van der Waals surface area contributed by atoms with Gasteiger partial charge in [-0.25, -0.2) is 0 Å². The Balaban J connectivity index is 1.50. The molecule has 0 atom stereocenters. The molecule has 1 aromatic carbocycles. The maximum absolute atomic E-state index is 5.70. The van der Waals surface area contributed by atoms with Crippen molar-refractivity contribution in [2.45, 2.75) is 19.4 Å². The number of nitrogens with zero attached hydrogens (tertiary/aromatic N) is 2. The van der Waals surface area contributed by atoms with Crippen molar-refractivity contribution < 1.29 is 9.47 Å². The second-order valence-corrected chi connectivity index (χ2v) is 5.24. The first-order valence-corrected chi connectivity index (χ1v) is 7.39. The summed E-state index contributed by atoms with van der Waals surface area (Å²) in [6, 6.07) is 8.20. The molecular formula is C16H21N3O2. The van der Waals surface area contributed by atoms with Crippen molar-refractivity contribution in [3.63, 3.8) is 0 Å². The van der Waals surface area contributed by atoms with E-state index in [1.54, 1.807) is 0 Å². The van der Waals surface area contributed by atoms with Gasteiger partial charge in [-0.15, -0.1) is 0 Å². The second kappa shape index (κ2) is 6.63. The van der Waals surface area contributed by atoms with E-state index in [-0.39, 0.29) is 0 Å². The van der Waals surface area contributed by atoms with E-state index >= 15 is 0 Å². The molecule has 1 aliphatic rings. The number of rotatable bonds is 5. The molecule has 0 saturated carbocycles. The van der Waals surface area contributed by atoms with Crippen molar-refractivity contribution in [1.82, 2.24) is 15.1 Å². The SMILES string of the molecule is Cn1ccc(CCNCc2ccc3c(c2)OCCCO3)n1. The third kappa shape index (κ3) is 3.76. The molecule has 1 aliphatic heterocycles. The topological polar surface area (TPSA) is 48.3 Å². The second-order valence-electron chi connectivity index (χ2n) is 5.24. The average molecular weight is 287 g/mol. The van der Waals surface area contributed by atoms with Crippen LogP contribution in [0.5, 0.6) is 11.5 Å². The highest BCUT2D eigenvalue weighted by Crippen LogP contribution is 2.30. The van der Waals surface area contributed by atoms with Gasteiger partial charge >= 0.3 is 0 Å². The van der Waals surface area contributed by atoms with Crippen LogP contribution in [0.2, 0.25) is 0 Å². The van der Waals surface area contributed by atoms with Gasteiger partial charge in [-0.1, -0.05) is 6.07 Å². The summed E-state index contributed by atoms with van der Waals surface area (Å²) in [5.74, 6) is 1.71. The summed E-state index contributed by atoms with van der Waals surface area (Å²) in [6.45, 7) is 3.19. The predicted molar refractivity (Wildman–Crippen MR) is 80.7 cm³/mol. The molecule has 0 fully saturated rings. The van der Waals surface area contributed by atoms with E-state index < -0.39 is 0 Å². The van der Waals surface area contributed by atoms with E-state index in [9.17, 15) is 0 Å². The van der Waals surface area contributed by atoms with Crippen LogP contribution in [0.15, 0.2) is 30.5 Å². The molecule has 3 rings (SSSR count). The lowest BCUT2D eigenvalue weighted by molar-refractivity contribution is 0.297. The van der Waals surface area contributed by atoms with Gasteiger partial charge in [-0.3, -0.25) is 4.68 Å². The number of ether oxygens (including phenoxy) is 2. The minimum absolute atomic E-state index is 0.726. The summed E-state index contributed by atoms with van der Waals surface area (Å²) < 4.78 is 13.2. The first kappa shape index (κ1) is 13.9. The summed E-state index contributed by atoms with van der Waals surface area (Å²) in [5.41, 5.74) is 2.32. The van der Waals surface area contributed by atoms with Crippen molar-refractivity contribution in [2.75, 3.05) is 19.8 Å². The van der Waals surface area contributed by atoms with Crippen molar-refractivity contribution in [3.8, 4) is 11.5 Å². The fraction of sp³-hybridized carbons (Fsp3) is 0.438. The molecule has 5 heteroatoms. The van der Waals surface area contributed by atoms with Crippen LogP contribution in [-0.2, 0) is 20.0 Å². The van der Waals surface area contributed by atoms with Crippen LogP contribution < -0.4 is 14.8 Å². The van der Waals surface area contributed by atoms with Gasteiger partial charge in [0.25, 0.3) is 0 Å². The summed E-state index contributed by atoms with van der Waals surface area (Å²) in [4.78, 5) is 0. The standard InChI is InChI=1S/C16H21N3O2/c1-19-8-6-14(18-19)5-7-17-12-13-3-4-15-16(11-13)21-10-2-9-20-15/h3-4,6,8,11,17H,2,5,7,9-10,12H2,1H3. The van der Waals surface area contributed by atoms with Crippen LogP contribution in [0.3, 0.4) is 0 Å². The summed E-state index contributed by atoms with van der Waals surface area (Å²) in [7, 11) is 1.94. The van der Waals surface area contributed by atoms with Crippen LogP contribution in [0.1, 0.15) is 17.7 Å². The zero-order chi connectivity index (χ0) is 14.5. The van der Waals surface area contributed by atoms with Gasteiger partial charge in [-0.2, -0.15) is 5.10 Å². The normalized spacial score (nSPS) is 14.0. The zero-order valence-electron chi connectivity index (χ0n) is 12.3. The molecule has 2 aromatic rings. The lowest BCUT2D eigenvalue weighted by Crippen LogP contribution is -2.17. The van der Waals surface area contributed by atoms with E-state index in [0.29, 0.717) is 0 Å². The minimum Gasteiger partial charge on any atom is -0.490 e. The Morgan fingerprint density at radius 3 is 2.86 bits per heavy atom. The van der Waals surface area contributed by atoms with Crippen LogP contribution in [-0.4, -0.2) is 29.5 Å². The highest BCUT2D eigenvalue weighted by Gasteiger charge is 2.10. The lowest BCUT2D eigenvalue weighted by atomic mass is 10.2. The summed E-state index contributed by atoms with van der Waals surface area (Å²) in [6.07, 6.45) is 3.84. The van der Waals surface area contributed by atoms with E-state index in [0.717, 1.165) is 56.3 Å². The van der Waals surface area contributed by atoms with E-state index in [4.69, 9.17) is 9.47 Å². The molecule has 0 bridgehead atoms. The highest BCUT2D eigenvalue weighted by molar-refractivity contribution is 5.43. The third-order valence-electron chi connectivity index (χ3n) is 3.47. The number of nitrogens with one attached hydrogen (secondary N) is 1. The van der Waals surface area contributed by atoms with Crippen LogP contribution in [0, 0.1) is 0 Å². The molecule has 21 heavy (non-hydrogen) atoms. The largest absolute Gasteiger partial charge is 0.490 e. The van der Waals surface area contributed by atoms with E-state index in [1.807, 2.05) is 24.0 Å². The Labute approximate surface area is 124 Å². The quantitative estimate of drug-likeness (QED) is 0.854. The third-order valence-corrected chi connectivity index (χ3v) is 3.47. The number of benzene rings is 1. The maximum Gasteiger partial charge on any atom is 0.161 e. The number of aromatic nitrogens is 2.